The molecule has 1 fully saturated rings. The predicted octanol–water partition coefficient (Wildman–Crippen LogP) is 5.09. The molecule has 15 nitrogen and oxygen atoms in total. The highest BCUT2D eigenvalue weighted by atomic mass is 16.2. The van der Waals surface area contributed by atoms with E-state index >= 15 is 0 Å². The van der Waals surface area contributed by atoms with E-state index in [0.29, 0.717) is 32.1 Å². The van der Waals surface area contributed by atoms with Gasteiger partial charge in [0.05, 0.1) is 11.3 Å². The van der Waals surface area contributed by atoms with Gasteiger partial charge in [-0.3, -0.25) is 34.2 Å². The number of nitrogens with one attached hydrogen (secondary N) is 7. The molecule has 15 heteroatoms. The zero-order chi connectivity index (χ0) is 47.8. The molecule has 6 amide bonds. The number of fused-ring (bicyclic) bond motifs is 1. The third-order valence-corrected chi connectivity index (χ3v) is 12.3. The molecule has 1 aliphatic rings. The fourth-order valence-electron chi connectivity index (χ4n) is 8.67. The number of amides is 6. The van der Waals surface area contributed by atoms with Crippen LogP contribution in [0, 0.1) is 5.41 Å². The lowest BCUT2D eigenvalue weighted by Crippen LogP contribution is -2.64. The standard InChI is InChI=1S/C52H61N9O6/c1-2-14-45(62)61-52(28-26-38(27-29-52)36-17-7-4-8-18-36)50(67)60-44(32-34-15-5-3-6-16-34)49(66)58-42(23-13-30-56-51(54)55)47(64)59-43(33-35-24-25-37-19-9-10-20-39(37)31-35)48(65)57-41-22-12-11-21-40(41)46(53)63/h3-12,15-22,24-25,31,38,42-44H,2,13-14,23,26-30,32-33H2,1H3,(H2,53,63)(H,57,65)(H,58,66)(H,59,64)(H,60,67)(H,61,62)(H4,54,55,56)/t38-,42-,43-,44+,52+/m0/s1. The van der Waals surface area contributed by atoms with Gasteiger partial charge in [0.2, 0.25) is 29.5 Å². The lowest BCUT2D eigenvalue weighted by Gasteiger charge is -2.40. The van der Waals surface area contributed by atoms with Crippen LogP contribution in [0.1, 0.15) is 91.3 Å². The number of anilines is 1. The molecule has 0 aliphatic heterocycles. The maximum Gasteiger partial charge on any atom is 0.250 e. The number of hydrogen-bond acceptors (Lipinski definition) is 7. The van der Waals surface area contributed by atoms with Crippen LogP contribution in [0.2, 0.25) is 0 Å². The maximum atomic E-state index is 14.7. The largest absolute Gasteiger partial charge is 0.370 e. The van der Waals surface area contributed by atoms with E-state index < -0.39 is 53.2 Å². The van der Waals surface area contributed by atoms with Crippen LogP contribution >= 0.6 is 0 Å². The van der Waals surface area contributed by atoms with Crippen molar-refractivity contribution in [3.05, 3.63) is 150 Å². The van der Waals surface area contributed by atoms with Crippen LogP contribution in [-0.4, -0.2) is 71.6 Å². The number of para-hydroxylation sites is 1. The monoisotopic (exact) mass is 907 g/mol. The average Bonchev–Trinajstić information content (AvgIpc) is 3.32. The summed E-state index contributed by atoms with van der Waals surface area (Å²) in [6, 6.07) is 35.3. The van der Waals surface area contributed by atoms with Crippen LogP contribution in [0.3, 0.4) is 0 Å². The minimum atomic E-state index is -1.28. The third-order valence-electron chi connectivity index (χ3n) is 12.3. The maximum absolute atomic E-state index is 14.7. The Labute approximate surface area is 391 Å². The number of primary amides is 1. The number of guanidine groups is 1. The summed E-state index contributed by atoms with van der Waals surface area (Å²) in [7, 11) is 0. The molecule has 1 aliphatic carbocycles. The van der Waals surface area contributed by atoms with Crippen LogP contribution in [0.5, 0.6) is 0 Å². The number of carbonyl (C=O) groups is 6. The zero-order valence-electron chi connectivity index (χ0n) is 37.8. The Morgan fingerprint density at radius 1 is 0.672 bits per heavy atom. The summed E-state index contributed by atoms with van der Waals surface area (Å²) in [5.41, 5.74) is 12.8. The summed E-state index contributed by atoms with van der Waals surface area (Å²) in [5, 5.41) is 26.8. The van der Waals surface area contributed by atoms with Gasteiger partial charge in [-0.05, 0) is 90.5 Å². The van der Waals surface area contributed by atoms with Crippen molar-refractivity contribution >= 4 is 57.9 Å². The number of hydrogen-bond donors (Lipinski definition) is 9. The van der Waals surface area contributed by atoms with Crippen molar-refractivity contribution in [3.63, 3.8) is 0 Å². The van der Waals surface area contributed by atoms with Crippen molar-refractivity contribution in [2.75, 3.05) is 11.9 Å². The summed E-state index contributed by atoms with van der Waals surface area (Å²) >= 11 is 0. The van der Waals surface area contributed by atoms with E-state index in [2.05, 4.69) is 44.0 Å². The Kier molecular flexibility index (Phi) is 17.2. The first-order valence-corrected chi connectivity index (χ1v) is 22.9. The van der Waals surface area contributed by atoms with E-state index in [4.69, 9.17) is 16.9 Å². The topological polar surface area (TPSA) is 250 Å². The van der Waals surface area contributed by atoms with Gasteiger partial charge in [-0.2, -0.15) is 0 Å². The number of rotatable bonds is 21. The van der Waals surface area contributed by atoms with E-state index in [1.807, 2.05) is 97.9 Å². The molecule has 0 bridgehead atoms. The van der Waals surface area contributed by atoms with Crippen molar-refractivity contribution < 1.29 is 28.8 Å². The third kappa shape index (κ3) is 13.7. The Morgan fingerprint density at radius 3 is 1.96 bits per heavy atom. The second-order valence-electron chi connectivity index (χ2n) is 17.2. The lowest BCUT2D eigenvalue weighted by atomic mass is 9.73. The molecule has 0 unspecified atom stereocenters. The van der Waals surface area contributed by atoms with Gasteiger partial charge in [0.25, 0.3) is 5.91 Å². The van der Waals surface area contributed by atoms with Crippen molar-refractivity contribution in [1.82, 2.24) is 26.6 Å². The lowest BCUT2D eigenvalue weighted by molar-refractivity contribution is -0.138. The van der Waals surface area contributed by atoms with Gasteiger partial charge in [-0.15, -0.1) is 0 Å². The molecular formula is C52H61N9O6. The minimum absolute atomic E-state index is 0.0390. The van der Waals surface area contributed by atoms with E-state index in [1.54, 1.807) is 12.1 Å². The second-order valence-corrected chi connectivity index (χ2v) is 17.2. The highest BCUT2D eigenvalue weighted by Crippen LogP contribution is 2.38. The quantitative estimate of drug-likeness (QED) is 0.0272. The molecule has 5 aromatic carbocycles. The molecular weight excluding hydrogens is 847 g/mol. The highest BCUT2D eigenvalue weighted by molar-refractivity contribution is 6.05. The van der Waals surface area contributed by atoms with Crippen molar-refractivity contribution in [2.24, 2.45) is 11.5 Å². The number of carbonyl (C=O) groups excluding carboxylic acids is 6. The first-order valence-electron chi connectivity index (χ1n) is 22.9. The molecule has 350 valence electrons. The molecule has 0 aromatic heterocycles. The minimum Gasteiger partial charge on any atom is -0.370 e. The number of benzene rings is 5. The Morgan fingerprint density at radius 2 is 1.27 bits per heavy atom. The van der Waals surface area contributed by atoms with E-state index in [-0.39, 0.29) is 67.7 Å². The predicted molar refractivity (Wildman–Crippen MR) is 260 cm³/mol. The van der Waals surface area contributed by atoms with Gasteiger partial charge < -0.3 is 43.4 Å². The molecule has 0 radical (unpaired) electrons. The molecule has 11 N–H and O–H groups in total. The van der Waals surface area contributed by atoms with Gasteiger partial charge in [-0.25, -0.2) is 0 Å². The molecule has 3 atom stereocenters. The number of nitrogens with two attached hydrogens (primary N) is 2. The fraction of sp³-hybridized carbons (Fsp3) is 0.327. The summed E-state index contributed by atoms with van der Waals surface area (Å²) in [5.74, 6) is -3.55. The van der Waals surface area contributed by atoms with Crippen LogP contribution < -0.4 is 43.4 Å². The van der Waals surface area contributed by atoms with Crippen LogP contribution in [-0.2, 0) is 36.8 Å². The molecule has 67 heavy (non-hydrogen) atoms. The Balaban J connectivity index is 1.28. The second kappa shape index (κ2) is 23.6. The first kappa shape index (κ1) is 48.9. The molecule has 0 heterocycles. The smallest absolute Gasteiger partial charge is 0.250 e. The highest BCUT2D eigenvalue weighted by Gasteiger charge is 2.44. The van der Waals surface area contributed by atoms with Crippen LogP contribution in [0.25, 0.3) is 10.8 Å². The zero-order valence-corrected chi connectivity index (χ0v) is 37.8. The van der Waals surface area contributed by atoms with Gasteiger partial charge in [0.15, 0.2) is 5.96 Å². The normalized spacial score (nSPS) is 16.9. The van der Waals surface area contributed by atoms with Crippen molar-refractivity contribution in [2.45, 2.75) is 101 Å². The van der Waals surface area contributed by atoms with Gasteiger partial charge in [-0.1, -0.05) is 122 Å². The summed E-state index contributed by atoms with van der Waals surface area (Å²) in [6.45, 7) is 2.09. The molecule has 0 saturated heterocycles. The summed E-state index contributed by atoms with van der Waals surface area (Å²) in [6.07, 6.45) is 3.24. The fourth-order valence-corrected chi connectivity index (χ4v) is 8.67. The van der Waals surface area contributed by atoms with Crippen LogP contribution in [0.4, 0.5) is 5.69 Å². The summed E-state index contributed by atoms with van der Waals surface area (Å²) < 4.78 is 0. The Hall–Kier alpha value is -7.55. The van der Waals surface area contributed by atoms with Crippen LogP contribution in [0.15, 0.2) is 127 Å². The Bertz CT molecular complexity index is 2530. The van der Waals surface area contributed by atoms with Crippen molar-refractivity contribution in [3.8, 4) is 0 Å². The first-order chi connectivity index (χ1) is 32.3. The van der Waals surface area contributed by atoms with Gasteiger partial charge in [0, 0.05) is 25.8 Å². The molecule has 0 spiro atoms. The van der Waals surface area contributed by atoms with E-state index in [9.17, 15) is 28.8 Å². The average molecular weight is 908 g/mol. The SMILES string of the molecule is CCCC(=O)N[C@]1(C(=O)N[C@H](Cc2ccccc2)C(=O)N[C@@H](CCCNC(=N)N)C(=O)N[C@@H](Cc2ccc3ccccc3c2)C(=O)Nc2ccccc2C(N)=O)CC[C@H](c2ccccc2)CC1. The van der Waals surface area contributed by atoms with Gasteiger partial charge >= 0.3 is 0 Å². The van der Waals surface area contributed by atoms with Crippen molar-refractivity contribution in [1.29, 1.82) is 5.41 Å². The van der Waals surface area contributed by atoms with E-state index in [0.717, 1.165) is 27.5 Å². The molecule has 5 aromatic rings. The summed E-state index contributed by atoms with van der Waals surface area (Å²) in [4.78, 5) is 83.7. The molecule has 1 saturated carbocycles. The van der Waals surface area contributed by atoms with E-state index in [1.165, 1.54) is 12.1 Å². The van der Waals surface area contributed by atoms with Gasteiger partial charge in [0.1, 0.15) is 23.7 Å². The molecule has 6 rings (SSSR count).